The van der Waals surface area contributed by atoms with Gasteiger partial charge in [-0.15, -0.1) is 11.3 Å². The van der Waals surface area contributed by atoms with Crippen LogP contribution in [0.1, 0.15) is 0 Å². The Hall–Kier alpha value is -9.39. The van der Waals surface area contributed by atoms with Crippen LogP contribution in [0.2, 0.25) is 0 Å². The highest BCUT2D eigenvalue weighted by Crippen LogP contribution is 2.54. The Kier molecular flexibility index (Phi) is 8.05. The Labute approximate surface area is 392 Å². The van der Waals surface area contributed by atoms with Gasteiger partial charge in [0.25, 0.3) is 0 Å². The zero-order valence-electron chi connectivity index (χ0n) is 35.8. The molecule has 0 amide bonds. The standard InChI is InChI=1S/C57H32N4O7S/c62-48-47(49(63)51(65)52(66)50(48)64)57-59-55(29-22-24-33-32-11-2-5-19-42(32)67-44(33)27-29)58-56(60-57)37-16-9-20-43-46(37)36-15-8-18-41(53(36)68-43)61-39-17-4-1-10-31(39)38-26-28(23-25-40(38)61)30-13-7-14-35-34-12-3-6-21-45(34)69-54(30)35/h1-27,62-66H. The molecule has 14 rings (SSSR count). The van der Waals surface area contributed by atoms with Gasteiger partial charge in [0.15, 0.2) is 34.6 Å². The van der Waals surface area contributed by atoms with Crippen LogP contribution in [-0.2, 0) is 0 Å². The highest BCUT2D eigenvalue weighted by atomic mass is 32.1. The molecule has 0 atom stereocenters. The van der Waals surface area contributed by atoms with Gasteiger partial charge < -0.3 is 38.9 Å². The number of aromatic nitrogens is 4. The van der Waals surface area contributed by atoms with E-state index in [1.54, 1.807) is 6.07 Å². The van der Waals surface area contributed by atoms with E-state index in [4.69, 9.17) is 18.8 Å². The molecule has 328 valence electrons. The molecule has 0 saturated heterocycles. The third-order valence-electron chi connectivity index (χ3n) is 13.2. The summed E-state index contributed by atoms with van der Waals surface area (Å²) in [4.78, 5) is 14.4. The van der Waals surface area contributed by atoms with Crippen molar-refractivity contribution in [3.8, 4) is 79.7 Å². The molecule has 11 nitrogen and oxygen atoms in total. The number of rotatable bonds is 5. The third kappa shape index (κ3) is 5.57. The predicted molar refractivity (Wildman–Crippen MR) is 272 cm³/mol. The highest BCUT2D eigenvalue weighted by molar-refractivity contribution is 7.26. The summed E-state index contributed by atoms with van der Waals surface area (Å²) in [7, 11) is 0. The summed E-state index contributed by atoms with van der Waals surface area (Å²) >= 11 is 1.81. The molecule has 0 fully saturated rings. The number of fused-ring (bicyclic) bond motifs is 12. The number of para-hydroxylation sites is 3. The number of thiophene rings is 1. The molecule has 9 aromatic carbocycles. The van der Waals surface area contributed by atoms with E-state index >= 15 is 0 Å². The lowest BCUT2D eigenvalue weighted by molar-refractivity contribution is 0.329. The van der Waals surface area contributed by atoms with Gasteiger partial charge in [-0.25, -0.2) is 15.0 Å². The third-order valence-corrected chi connectivity index (χ3v) is 14.5. The fourth-order valence-corrected chi connectivity index (χ4v) is 11.3. The second-order valence-corrected chi connectivity index (χ2v) is 18.1. The Balaban J connectivity index is 0.974. The summed E-state index contributed by atoms with van der Waals surface area (Å²) < 4.78 is 17.8. The largest absolute Gasteiger partial charge is 0.504 e. The molecule has 0 aliphatic carbocycles. The van der Waals surface area contributed by atoms with Gasteiger partial charge in [-0.1, -0.05) is 109 Å². The van der Waals surface area contributed by atoms with Crippen LogP contribution in [0.15, 0.2) is 173 Å². The van der Waals surface area contributed by atoms with Crippen LogP contribution in [0.4, 0.5) is 0 Å². The number of phenols is 5. The van der Waals surface area contributed by atoms with Crippen LogP contribution >= 0.6 is 11.3 Å². The molecule has 69 heavy (non-hydrogen) atoms. The first kappa shape index (κ1) is 38.8. The molecule has 5 N–H and O–H groups in total. The Bertz CT molecular complexity index is 4500. The number of benzene rings is 9. The van der Waals surface area contributed by atoms with E-state index in [9.17, 15) is 25.5 Å². The number of aromatic hydroxyl groups is 5. The van der Waals surface area contributed by atoms with Gasteiger partial charge in [-0.05, 0) is 65.7 Å². The fraction of sp³-hybridized carbons (Fsp3) is 0. The van der Waals surface area contributed by atoms with Crippen LogP contribution in [0, 0.1) is 0 Å². The maximum absolute atomic E-state index is 11.2. The van der Waals surface area contributed by atoms with Gasteiger partial charge in [0, 0.05) is 63.6 Å². The summed E-state index contributed by atoms with van der Waals surface area (Å²) in [6, 6.07) is 54.9. The number of nitrogens with zero attached hydrogens (tertiary/aromatic N) is 4. The van der Waals surface area contributed by atoms with E-state index in [0.29, 0.717) is 38.8 Å². The minimum absolute atomic E-state index is 0.127. The van der Waals surface area contributed by atoms with Crippen molar-refractivity contribution in [3.05, 3.63) is 164 Å². The molecule has 0 spiro atoms. The Morgan fingerprint density at radius 1 is 0.406 bits per heavy atom. The van der Waals surface area contributed by atoms with Gasteiger partial charge >= 0.3 is 0 Å². The SMILES string of the molecule is Oc1c(O)c(O)c(-c2nc(-c3ccc4c(c3)oc3ccccc34)nc(-c3cccc4oc5c(-n6c7ccccc7c7cc(-c8cccc9c8sc8ccccc89)ccc76)cccc5c34)n2)c(O)c1O. The monoisotopic (exact) mass is 916 g/mol. The first-order valence-electron chi connectivity index (χ1n) is 22.0. The van der Waals surface area contributed by atoms with E-state index in [-0.39, 0.29) is 17.5 Å². The van der Waals surface area contributed by atoms with Crippen LogP contribution in [0.5, 0.6) is 28.7 Å². The minimum Gasteiger partial charge on any atom is -0.504 e. The van der Waals surface area contributed by atoms with E-state index in [1.165, 1.54) is 25.7 Å². The lowest BCUT2D eigenvalue weighted by Gasteiger charge is -2.13. The second kappa shape index (κ2) is 14.3. The topological polar surface area (TPSA) is 171 Å². The van der Waals surface area contributed by atoms with E-state index < -0.39 is 34.3 Å². The number of furan rings is 2. The Morgan fingerprint density at radius 2 is 1.03 bits per heavy atom. The van der Waals surface area contributed by atoms with Crippen molar-refractivity contribution >= 4 is 97.2 Å². The average molecular weight is 917 g/mol. The average Bonchev–Trinajstić information content (AvgIpc) is 4.16. The van der Waals surface area contributed by atoms with Crippen LogP contribution < -0.4 is 0 Å². The zero-order valence-corrected chi connectivity index (χ0v) is 36.7. The predicted octanol–water partition coefficient (Wildman–Crippen LogP) is 14.3. The summed E-state index contributed by atoms with van der Waals surface area (Å²) in [6.45, 7) is 0. The molecular formula is C57H32N4O7S. The smallest absolute Gasteiger partial charge is 0.208 e. The number of hydrogen-bond acceptors (Lipinski definition) is 11. The quantitative estimate of drug-likeness (QED) is 0.0827. The van der Waals surface area contributed by atoms with Crippen molar-refractivity contribution in [1.29, 1.82) is 0 Å². The molecule has 0 bridgehead atoms. The lowest BCUT2D eigenvalue weighted by atomic mass is 10.0. The van der Waals surface area contributed by atoms with Crippen molar-refractivity contribution in [2.45, 2.75) is 0 Å². The van der Waals surface area contributed by atoms with E-state index in [2.05, 4.69) is 88.4 Å². The molecular weight excluding hydrogens is 885 g/mol. The minimum atomic E-state index is -1.10. The molecule has 0 unspecified atom stereocenters. The molecule has 14 aromatic rings. The van der Waals surface area contributed by atoms with Gasteiger partial charge in [0.2, 0.25) is 17.2 Å². The van der Waals surface area contributed by atoms with E-state index in [0.717, 1.165) is 49.2 Å². The van der Waals surface area contributed by atoms with Gasteiger partial charge in [-0.3, -0.25) is 0 Å². The van der Waals surface area contributed by atoms with Crippen LogP contribution in [-0.4, -0.2) is 45.1 Å². The number of hydrogen-bond donors (Lipinski definition) is 5. The summed E-state index contributed by atoms with van der Waals surface area (Å²) in [5.41, 5.74) is 8.12. The van der Waals surface area contributed by atoms with Crippen molar-refractivity contribution in [2.75, 3.05) is 0 Å². The maximum Gasteiger partial charge on any atom is 0.208 e. The van der Waals surface area contributed by atoms with E-state index in [1.807, 2.05) is 90.2 Å². The summed E-state index contributed by atoms with van der Waals surface area (Å²) in [5.74, 6) is -5.13. The zero-order chi connectivity index (χ0) is 46.2. The molecule has 0 aliphatic heterocycles. The first-order chi connectivity index (χ1) is 33.8. The maximum atomic E-state index is 11.2. The van der Waals surface area contributed by atoms with Gasteiger partial charge in [0.05, 0.1) is 16.7 Å². The molecule has 5 aromatic heterocycles. The van der Waals surface area contributed by atoms with Crippen molar-refractivity contribution in [3.63, 3.8) is 0 Å². The van der Waals surface area contributed by atoms with Crippen molar-refractivity contribution < 1.29 is 34.4 Å². The fourth-order valence-electron chi connectivity index (χ4n) is 10.1. The number of phenolic OH excluding ortho intramolecular Hbond substituents is 5. The van der Waals surface area contributed by atoms with Crippen molar-refractivity contribution in [1.82, 2.24) is 19.5 Å². The van der Waals surface area contributed by atoms with Crippen LogP contribution in [0.25, 0.3) is 137 Å². The van der Waals surface area contributed by atoms with Crippen molar-refractivity contribution in [2.24, 2.45) is 0 Å². The summed E-state index contributed by atoms with van der Waals surface area (Å²) in [6.07, 6.45) is 0. The van der Waals surface area contributed by atoms with Gasteiger partial charge in [0.1, 0.15) is 22.3 Å². The van der Waals surface area contributed by atoms with Crippen LogP contribution in [0.3, 0.4) is 0 Å². The second-order valence-electron chi connectivity index (χ2n) is 17.0. The molecule has 0 aliphatic rings. The first-order valence-corrected chi connectivity index (χ1v) is 22.9. The normalized spacial score (nSPS) is 12.1. The molecule has 12 heteroatoms. The Morgan fingerprint density at radius 3 is 1.90 bits per heavy atom. The lowest BCUT2D eigenvalue weighted by Crippen LogP contribution is -2.01. The molecule has 0 radical (unpaired) electrons. The molecule has 0 saturated carbocycles. The summed E-state index contributed by atoms with van der Waals surface area (Å²) in [5, 5.41) is 61.9. The highest BCUT2D eigenvalue weighted by Gasteiger charge is 2.29. The molecule has 5 heterocycles. The van der Waals surface area contributed by atoms with Gasteiger partial charge in [-0.2, -0.15) is 0 Å².